The van der Waals surface area contributed by atoms with E-state index in [0.29, 0.717) is 11.9 Å². The molecule has 0 bridgehead atoms. The van der Waals surface area contributed by atoms with Crippen molar-refractivity contribution >= 4 is 5.69 Å². The van der Waals surface area contributed by atoms with E-state index in [-0.39, 0.29) is 0 Å². The molecule has 0 aliphatic carbocycles. The molecule has 1 aromatic carbocycles. The molecule has 5 nitrogen and oxygen atoms in total. The first-order valence-corrected chi connectivity index (χ1v) is 8.73. The van der Waals surface area contributed by atoms with Crippen molar-refractivity contribution in [3.05, 3.63) is 60.4 Å². The lowest BCUT2D eigenvalue weighted by molar-refractivity contribution is 0.178. The minimum atomic E-state index is 0.461. The maximum atomic E-state index is 5.82. The fraction of sp³-hybridized carbons (Fsp3) is 0.350. The monoisotopic (exact) mass is 337 g/mol. The van der Waals surface area contributed by atoms with Crippen molar-refractivity contribution in [2.45, 2.75) is 26.4 Å². The SMILES string of the molecule is Cc1oc(-c2ccoc2)nc1CN1CCN(c2ccccc2)CC1C. The number of aromatic nitrogens is 1. The van der Waals surface area contributed by atoms with Gasteiger partial charge in [-0.2, -0.15) is 0 Å². The van der Waals surface area contributed by atoms with Gasteiger partial charge in [0.15, 0.2) is 0 Å². The van der Waals surface area contributed by atoms with Crippen LogP contribution in [0.15, 0.2) is 57.8 Å². The molecule has 1 unspecified atom stereocenters. The van der Waals surface area contributed by atoms with E-state index in [1.165, 1.54) is 5.69 Å². The Morgan fingerprint density at radius 3 is 2.72 bits per heavy atom. The summed E-state index contributed by atoms with van der Waals surface area (Å²) >= 11 is 0. The first kappa shape index (κ1) is 16.0. The Morgan fingerprint density at radius 2 is 2.00 bits per heavy atom. The van der Waals surface area contributed by atoms with Gasteiger partial charge in [0.25, 0.3) is 0 Å². The number of para-hydroxylation sites is 1. The van der Waals surface area contributed by atoms with Gasteiger partial charge in [-0.1, -0.05) is 18.2 Å². The summed E-state index contributed by atoms with van der Waals surface area (Å²) in [6, 6.07) is 13.0. The molecule has 5 heteroatoms. The molecule has 0 saturated carbocycles. The van der Waals surface area contributed by atoms with Crippen LogP contribution in [0.1, 0.15) is 18.4 Å². The second kappa shape index (κ2) is 6.76. The smallest absolute Gasteiger partial charge is 0.229 e. The number of rotatable bonds is 4. The van der Waals surface area contributed by atoms with Crippen LogP contribution in [0.3, 0.4) is 0 Å². The zero-order valence-electron chi connectivity index (χ0n) is 14.7. The zero-order chi connectivity index (χ0) is 17.2. The largest absolute Gasteiger partial charge is 0.472 e. The molecule has 2 aromatic heterocycles. The maximum Gasteiger partial charge on any atom is 0.229 e. The normalized spacial score (nSPS) is 18.6. The highest BCUT2D eigenvalue weighted by atomic mass is 16.4. The van der Waals surface area contributed by atoms with Gasteiger partial charge in [-0.15, -0.1) is 0 Å². The van der Waals surface area contributed by atoms with Crippen molar-refractivity contribution in [1.82, 2.24) is 9.88 Å². The second-order valence-electron chi connectivity index (χ2n) is 6.63. The highest BCUT2D eigenvalue weighted by molar-refractivity contribution is 5.51. The average molecular weight is 337 g/mol. The van der Waals surface area contributed by atoms with Crippen molar-refractivity contribution < 1.29 is 8.83 Å². The number of aryl methyl sites for hydroxylation is 1. The number of benzene rings is 1. The Kier molecular flexibility index (Phi) is 4.32. The van der Waals surface area contributed by atoms with E-state index in [1.54, 1.807) is 12.5 Å². The molecule has 1 fully saturated rings. The van der Waals surface area contributed by atoms with Crippen LogP contribution >= 0.6 is 0 Å². The number of nitrogens with zero attached hydrogens (tertiary/aromatic N) is 3. The Bertz CT molecular complexity index is 811. The Labute approximate surface area is 147 Å². The molecular weight excluding hydrogens is 314 g/mol. The molecule has 0 radical (unpaired) electrons. The van der Waals surface area contributed by atoms with E-state index in [0.717, 1.165) is 43.2 Å². The number of hydrogen-bond acceptors (Lipinski definition) is 5. The molecule has 130 valence electrons. The van der Waals surface area contributed by atoms with Crippen LogP contribution in [0, 0.1) is 6.92 Å². The minimum absolute atomic E-state index is 0.461. The lowest BCUT2D eigenvalue weighted by Gasteiger charge is -2.40. The van der Waals surface area contributed by atoms with Gasteiger partial charge >= 0.3 is 0 Å². The standard InChI is InChI=1S/C20H23N3O2/c1-15-12-23(18-6-4-3-5-7-18)10-9-22(15)13-19-16(2)25-20(21-19)17-8-11-24-14-17/h3-8,11,14-15H,9-10,12-13H2,1-2H3. The van der Waals surface area contributed by atoms with Crippen molar-refractivity contribution in [3.63, 3.8) is 0 Å². The third-order valence-electron chi connectivity index (χ3n) is 4.90. The maximum absolute atomic E-state index is 5.82. The van der Waals surface area contributed by atoms with Crippen LogP contribution in [0.25, 0.3) is 11.5 Å². The van der Waals surface area contributed by atoms with Crippen molar-refractivity contribution in [3.8, 4) is 11.5 Å². The number of oxazole rings is 1. The molecule has 4 rings (SSSR count). The van der Waals surface area contributed by atoms with E-state index < -0.39 is 0 Å². The molecule has 0 spiro atoms. The van der Waals surface area contributed by atoms with Crippen molar-refractivity contribution in [2.75, 3.05) is 24.5 Å². The zero-order valence-corrected chi connectivity index (χ0v) is 14.7. The van der Waals surface area contributed by atoms with Crippen LogP contribution in [0.2, 0.25) is 0 Å². The molecule has 25 heavy (non-hydrogen) atoms. The quantitative estimate of drug-likeness (QED) is 0.721. The number of anilines is 1. The fourth-order valence-electron chi connectivity index (χ4n) is 3.38. The van der Waals surface area contributed by atoms with Gasteiger partial charge in [0.1, 0.15) is 12.0 Å². The average Bonchev–Trinajstić information content (AvgIpc) is 3.28. The van der Waals surface area contributed by atoms with Crippen LogP contribution < -0.4 is 4.90 Å². The van der Waals surface area contributed by atoms with Gasteiger partial charge in [0.2, 0.25) is 5.89 Å². The fourth-order valence-corrected chi connectivity index (χ4v) is 3.38. The summed E-state index contributed by atoms with van der Waals surface area (Å²) in [5.41, 5.74) is 3.20. The topological polar surface area (TPSA) is 45.7 Å². The summed E-state index contributed by atoms with van der Waals surface area (Å²) in [7, 11) is 0. The lowest BCUT2D eigenvalue weighted by atomic mass is 10.1. The molecule has 1 aliphatic heterocycles. The van der Waals surface area contributed by atoms with Gasteiger partial charge in [-0.05, 0) is 32.0 Å². The number of hydrogen-bond donors (Lipinski definition) is 0. The molecule has 0 N–H and O–H groups in total. The summed E-state index contributed by atoms with van der Waals surface area (Å²) in [5, 5.41) is 0. The molecule has 1 saturated heterocycles. The number of furan rings is 1. The second-order valence-corrected chi connectivity index (χ2v) is 6.63. The molecule has 3 aromatic rings. The van der Waals surface area contributed by atoms with E-state index in [2.05, 4.69) is 52.0 Å². The summed E-state index contributed by atoms with van der Waals surface area (Å²) in [5.74, 6) is 1.52. The summed E-state index contributed by atoms with van der Waals surface area (Å²) in [4.78, 5) is 9.60. The lowest BCUT2D eigenvalue weighted by Crippen LogP contribution is -2.51. The van der Waals surface area contributed by atoms with E-state index >= 15 is 0 Å². The predicted octanol–water partition coefficient (Wildman–Crippen LogP) is 3.95. The Balaban J connectivity index is 1.44. The third kappa shape index (κ3) is 3.33. The van der Waals surface area contributed by atoms with Gasteiger partial charge in [0.05, 0.1) is 17.5 Å². The molecule has 0 amide bonds. The number of piperazine rings is 1. The predicted molar refractivity (Wildman–Crippen MR) is 97.5 cm³/mol. The van der Waals surface area contributed by atoms with Crippen LogP contribution in [-0.4, -0.2) is 35.6 Å². The molecule has 1 aliphatic rings. The van der Waals surface area contributed by atoms with Crippen molar-refractivity contribution in [1.29, 1.82) is 0 Å². The third-order valence-corrected chi connectivity index (χ3v) is 4.90. The Hall–Kier alpha value is -2.53. The molecule has 1 atom stereocenters. The highest BCUT2D eigenvalue weighted by Gasteiger charge is 2.25. The van der Waals surface area contributed by atoms with Gasteiger partial charge in [-0.3, -0.25) is 4.90 Å². The minimum Gasteiger partial charge on any atom is -0.472 e. The Morgan fingerprint density at radius 1 is 1.16 bits per heavy atom. The van der Waals surface area contributed by atoms with Crippen LogP contribution in [0.4, 0.5) is 5.69 Å². The first-order valence-electron chi connectivity index (χ1n) is 8.73. The van der Waals surface area contributed by atoms with Crippen LogP contribution in [-0.2, 0) is 6.54 Å². The first-order chi connectivity index (χ1) is 12.2. The van der Waals surface area contributed by atoms with E-state index in [4.69, 9.17) is 8.83 Å². The molecule has 3 heterocycles. The van der Waals surface area contributed by atoms with Crippen LogP contribution in [0.5, 0.6) is 0 Å². The van der Waals surface area contributed by atoms with Crippen molar-refractivity contribution in [2.24, 2.45) is 0 Å². The van der Waals surface area contributed by atoms with Gasteiger partial charge < -0.3 is 13.7 Å². The van der Waals surface area contributed by atoms with E-state index in [9.17, 15) is 0 Å². The highest BCUT2D eigenvalue weighted by Crippen LogP contribution is 2.25. The summed E-state index contributed by atoms with van der Waals surface area (Å²) in [6.07, 6.45) is 3.30. The summed E-state index contributed by atoms with van der Waals surface area (Å²) < 4.78 is 10.9. The van der Waals surface area contributed by atoms with E-state index in [1.807, 2.05) is 13.0 Å². The van der Waals surface area contributed by atoms with Gasteiger partial charge in [-0.25, -0.2) is 4.98 Å². The molecular formula is C20H23N3O2. The summed E-state index contributed by atoms with van der Waals surface area (Å²) in [6.45, 7) is 8.15. The van der Waals surface area contributed by atoms with Gasteiger partial charge in [0, 0.05) is 37.9 Å².